The lowest BCUT2D eigenvalue weighted by Crippen LogP contribution is -2.36. The fraction of sp³-hybridized carbons (Fsp3) is 0.556. The Kier molecular flexibility index (Phi) is 10.6. The number of methoxy groups -OCH3 is 1. The molecule has 4 heterocycles. The Morgan fingerprint density at radius 1 is 1.33 bits per heavy atom. The number of hydrogen-bond donors (Lipinski definition) is 1. The van der Waals surface area contributed by atoms with Crippen LogP contribution in [0, 0.1) is 17.7 Å². The number of likely N-dealkylation sites (tertiary alicyclic amines) is 2. The summed E-state index contributed by atoms with van der Waals surface area (Å²) >= 11 is 7.38. The maximum absolute atomic E-state index is 14.9. The minimum absolute atomic E-state index is 0.0590. The Morgan fingerprint density at radius 3 is 2.64 bits per heavy atom. The molecule has 2 aliphatic heterocycles. The molecule has 2 aromatic rings. The monoisotopic (exact) mass is 579 g/mol. The van der Waals surface area contributed by atoms with Crippen molar-refractivity contribution in [3.8, 4) is 11.8 Å². The second kappa shape index (κ2) is 13.5. The van der Waals surface area contributed by atoms with E-state index in [1.807, 2.05) is 27.0 Å². The number of halogens is 2. The van der Waals surface area contributed by atoms with E-state index in [1.165, 1.54) is 25.1 Å². The molecule has 2 fully saturated rings. The van der Waals surface area contributed by atoms with E-state index in [1.54, 1.807) is 4.90 Å². The first-order valence-electron chi connectivity index (χ1n) is 12.6. The summed E-state index contributed by atoms with van der Waals surface area (Å²) in [5.41, 5.74) is 0.981. The third-order valence-electron chi connectivity index (χ3n) is 6.26. The number of ether oxygens (including phenoxy) is 2. The number of carbonyl (C=O) groups is 2. The Bertz CT molecular complexity index is 1260. The molecule has 2 aromatic heterocycles. The molecule has 1 amide bonds. The number of fused-ring (bicyclic) bond motifs is 1. The van der Waals surface area contributed by atoms with Crippen molar-refractivity contribution in [1.29, 1.82) is 0 Å². The van der Waals surface area contributed by atoms with Gasteiger partial charge in [0.15, 0.2) is 11.0 Å². The maximum Gasteiger partial charge on any atom is 0.410 e. The van der Waals surface area contributed by atoms with E-state index in [0.29, 0.717) is 41.2 Å². The van der Waals surface area contributed by atoms with Crippen LogP contribution < -0.4 is 5.32 Å². The van der Waals surface area contributed by atoms with E-state index in [2.05, 4.69) is 43.8 Å². The summed E-state index contributed by atoms with van der Waals surface area (Å²) in [7, 11) is 3.39. The van der Waals surface area contributed by atoms with Crippen LogP contribution >= 0.6 is 23.4 Å². The number of nitrogens with zero attached hydrogens (tertiary/aromatic N) is 4. The van der Waals surface area contributed by atoms with Gasteiger partial charge in [0.1, 0.15) is 16.1 Å². The predicted molar refractivity (Wildman–Crippen MR) is 152 cm³/mol. The number of anilines is 1. The van der Waals surface area contributed by atoms with E-state index in [-0.39, 0.29) is 28.8 Å². The molecule has 2 saturated heterocycles. The summed E-state index contributed by atoms with van der Waals surface area (Å²) < 4.78 is 24.3. The zero-order valence-corrected chi connectivity index (χ0v) is 24.7. The average molecular weight is 580 g/mol. The van der Waals surface area contributed by atoms with Crippen LogP contribution in [-0.2, 0) is 14.3 Å². The number of amides is 1. The second-order valence-electron chi connectivity index (χ2n) is 10.3. The van der Waals surface area contributed by atoms with Crippen LogP contribution in [0.4, 0.5) is 14.9 Å². The first kappa shape index (κ1) is 30.7. The van der Waals surface area contributed by atoms with Gasteiger partial charge in [0.2, 0.25) is 0 Å². The summed E-state index contributed by atoms with van der Waals surface area (Å²) in [5.74, 6) is 6.08. The SMILES string of the molecule is COC=O.CSc1nc2c(F)c(Cl)ncc2c(NC2CCN(C(=O)OC(C)(C)C)C2)c1C#CC1CCCN1C. The van der Waals surface area contributed by atoms with Gasteiger partial charge >= 0.3 is 6.09 Å². The van der Waals surface area contributed by atoms with Crippen LogP contribution in [0.2, 0.25) is 5.15 Å². The summed E-state index contributed by atoms with van der Waals surface area (Å²) in [6.45, 7) is 7.98. The van der Waals surface area contributed by atoms with Crippen molar-refractivity contribution >= 4 is 52.5 Å². The Balaban J connectivity index is 0.000000983. The minimum atomic E-state index is -0.653. The van der Waals surface area contributed by atoms with Gasteiger partial charge in [-0.2, -0.15) is 0 Å². The Morgan fingerprint density at radius 2 is 2.05 bits per heavy atom. The van der Waals surface area contributed by atoms with Crippen LogP contribution in [0.3, 0.4) is 0 Å². The molecule has 0 aromatic carbocycles. The fourth-order valence-corrected chi connectivity index (χ4v) is 5.06. The van der Waals surface area contributed by atoms with Gasteiger partial charge < -0.3 is 19.7 Å². The molecule has 12 heteroatoms. The lowest BCUT2D eigenvalue weighted by atomic mass is 10.1. The number of rotatable bonds is 4. The predicted octanol–water partition coefficient (Wildman–Crippen LogP) is 4.80. The van der Waals surface area contributed by atoms with E-state index in [0.717, 1.165) is 25.8 Å². The van der Waals surface area contributed by atoms with E-state index < -0.39 is 11.4 Å². The van der Waals surface area contributed by atoms with Crippen molar-refractivity contribution in [3.05, 3.63) is 22.7 Å². The largest absolute Gasteiger partial charge is 0.471 e. The zero-order chi connectivity index (χ0) is 28.7. The molecule has 2 atom stereocenters. The molecular weight excluding hydrogens is 545 g/mol. The van der Waals surface area contributed by atoms with Crippen LogP contribution in [0.15, 0.2) is 11.2 Å². The van der Waals surface area contributed by atoms with Crippen LogP contribution in [-0.4, -0.2) is 90.1 Å². The molecule has 0 radical (unpaired) electrons. The molecule has 2 aliphatic rings. The lowest BCUT2D eigenvalue weighted by molar-refractivity contribution is -0.126. The van der Waals surface area contributed by atoms with Gasteiger partial charge in [-0.3, -0.25) is 9.69 Å². The highest BCUT2D eigenvalue weighted by Crippen LogP contribution is 2.35. The van der Waals surface area contributed by atoms with E-state index in [9.17, 15) is 9.18 Å². The fourth-order valence-electron chi connectivity index (χ4n) is 4.38. The quantitative estimate of drug-likeness (QED) is 0.237. The molecule has 9 nitrogen and oxygen atoms in total. The average Bonchev–Trinajstić information content (AvgIpc) is 3.53. The van der Waals surface area contributed by atoms with E-state index >= 15 is 0 Å². The topological polar surface area (TPSA) is 96.9 Å². The van der Waals surface area contributed by atoms with Crippen LogP contribution in [0.5, 0.6) is 0 Å². The van der Waals surface area contributed by atoms with Gasteiger partial charge in [0, 0.05) is 30.7 Å². The van der Waals surface area contributed by atoms with Gasteiger partial charge in [0.25, 0.3) is 6.47 Å². The first-order chi connectivity index (χ1) is 18.5. The number of thioether (sulfide) groups is 1. The van der Waals surface area contributed by atoms with Gasteiger partial charge in [-0.1, -0.05) is 23.4 Å². The van der Waals surface area contributed by atoms with Crippen molar-refractivity contribution in [1.82, 2.24) is 19.8 Å². The van der Waals surface area contributed by atoms with Crippen molar-refractivity contribution in [3.63, 3.8) is 0 Å². The smallest absolute Gasteiger partial charge is 0.410 e. The minimum Gasteiger partial charge on any atom is -0.471 e. The Labute approximate surface area is 238 Å². The molecule has 212 valence electrons. The first-order valence-corrected chi connectivity index (χ1v) is 14.2. The Hall–Kier alpha value is -2.81. The standard InChI is InChI=1S/C25H31ClFN5O2S.C2H4O2/c1-25(2,3)34-24(33)32-12-10-15(14-32)29-20-17(9-8-16-7-6-11-31(16)4)23(35-5)30-21-18(20)13-28-22(26)19(21)27;1-4-2-3/h13,15-16H,6-7,10-12,14H2,1-5H3,(H,29,30);2H,1H3. The van der Waals surface area contributed by atoms with Gasteiger partial charge in [-0.25, -0.2) is 19.2 Å². The number of aromatic nitrogens is 2. The third-order valence-corrected chi connectivity index (χ3v) is 7.21. The molecule has 4 rings (SSSR count). The van der Waals surface area contributed by atoms with Crippen LogP contribution in [0.1, 0.15) is 45.6 Å². The highest BCUT2D eigenvalue weighted by Gasteiger charge is 2.31. The van der Waals surface area contributed by atoms with Crippen LogP contribution in [0.25, 0.3) is 10.9 Å². The van der Waals surface area contributed by atoms with E-state index in [4.69, 9.17) is 21.1 Å². The van der Waals surface area contributed by atoms with Gasteiger partial charge in [0.05, 0.1) is 24.4 Å². The number of pyridine rings is 2. The summed E-state index contributed by atoms with van der Waals surface area (Å²) in [4.78, 5) is 34.0. The number of nitrogens with one attached hydrogen (secondary N) is 1. The van der Waals surface area contributed by atoms with Crippen molar-refractivity contribution in [2.24, 2.45) is 0 Å². The normalized spacial score (nSPS) is 19.1. The number of hydrogen-bond acceptors (Lipinski definition) is 9. The highest BCUT2D eigenvalue weighted by atomic mass is 35.5. The molecule has 39 heavy (non-hydrogen) atoms. The summed E-state index contributed by atoms with van der Waals surface area (Å²) in [6, 6.07) is 0.110. The molecule has 0 saturated carbocycles. The van der Waals surface area contributed by atoms with Crippen molar-refractivity contribution in [2.45, 2.75) is 62.7 Å². The number of carbonyl (C=O) groups excluding carboxylic acids is 2. The lowest BCUT2D eigenvalue weighted by Gasteiger charge is -2.25. The van der Waals surface area contributed by atoms with Gasteiger partial charge in [-0.15, -0.1) is 11.8 Å². The third kappa shape index (κ3) is 7.87. The van der Waals surface area contributed by atoms with Crippen molar-refractivity contribution in [2.75, 3.05) is 45.4 Å². The molecular formula is C27H35ClFN5O4S. The van der Waals surface area contributed by atoms with Gasteiger partial charge in [-0.05, 0) is 59.9 Å². The molecule has 0 bridgehead atoms. The highest BCUT2D eigenvalue weighted by molar-refractivity contribution is 7.98. The summed E-state index contributed by atoms with van der Waals surface area (Å²) in [5, 5.41) is 4.46. The van der Waals surface area contributed by atoms with Crippen molar-refractivity contribution < 1.29 is 23.5 Å². The molecule has 0 aliphatic carbocycles. The second-order valence-corrected chi connectivity index (χ2v) is 11.4. The maximum atomic E-state index is 14.9. The zero-order valence-electron chi connectivity index (χ0n) is 23.1. The molecule has 1 N–H and O–H groups in total. The summed E-state index contributed by atoms with van der Waals surface area (Å²) in [6.07, 6.45) is 5.94. The molecule has 2 unspecified atom stereocenters. The molecule has 0 spiro atoms.